The highest BCUT2D eigenvalue weighted by Gasteiger charge is 2.30. The second kappa shape index (κ2) is 16.8. The van der Waals surface area contributed by atoms with Gasteiger partial charge in [-0.25, -0.2) is 23.1 Å². The SMILES string of the molecule is COCCOc1ncc(S(=O)(=O)NC(=O)c2ccc(N3CCN(CC4=C(c5ccc(Cl)cc5)CC(C)(C)CC4)CC3)cc2Oc2cnc3[nH]ccc3c2)cc1Cl. The van der Waals surface area contributed by atoms with Gasteiger partial charge in [0.15, 0.2) is 0 Å². The van der Waals surface area contributed by atoms with Crippen molar-refractivity contribution in [1.29, 1.82) is 0 Å². The number of piperazine rings is 1. The Balaban J connectivity index is 1.09. The van der Waals surface area contributed by atoms with Crippen LogP contribution in [0.4, 0.5) is 5.69 Å². The lowest BCUT2D eigenvalue weighted by Crippen LogP contribution is -2.47. The number of allylic oxidation sites excluding steroid dienone is 1. The first-order chi connectivity index (χ1) is 26.9. The van der Waals surface area contributed by atoms with Crippen LogP contribution >= 0.6 is 23.2 Å². The highest BCUT2D eigenvalue weighted by atomic mass is 35.5. The number of hydrogen-bond donors (Lipinski definition) is 2. The minimum Gasteiger partial charge on any atom is -0.474 e. The predicted octanol–water partition coefficient (Wildman–Crippen LogP) is 7.99. The van der Waals surface area contributed by atoms with Gasteiger partial charge >= 0.3 is 0 Å². The molecule has 0 spiro atoms. The number of aromatic amines is 1. The molecule has 7 rings (SSSR count). The topological polar surface area (TPSA) is 139 Å². The molecule has 4 heterocycles. The molecule has 1 aliphatic carbocycles. The molecule has 15 heteroatoms. The van der Waals surface area contributed by atoms with E-state index in [1.54, 1.807) is 30.6 Å². The molecule has 0 saturated carbocycles. The maximum atomic E-state index is 13.7. The zero-order valence-electron chi connectivity index (χ0n) is 31.5. The van der Waals surface area contributed by atoms with Crippen LogP contribution in [0.5, 0.6) is 17.4 Å². The van der Waals surface area contributed by atoms with Crippen molar-refractivity contribution < 1.29 is 27.4 Å². The first-order valence-corrected chi connectivity index (χ1v) is 20.6. The van der Waals surface area contributed by atoms with Gasteiger partial charge < -0.3 is 24.1 Å². The van der Waals surface area contributed by atoms with Gasteiger partial charge in [-0.3, -0.25) is 9.69 Å². The number of hydrogen-bond acceptors (Lipinski definition) is 10. The molecule has 0 radical (unpaired) electrons. The number of anilines is 1. The monoisotopic (exact) mass is 818 g/mol. The molecule has 1 fully saturated rings. The first kappa shape index (κ1) is 39.6. The Hall–Kier alpha value is -4.66. The summed E-state index contributed by atoms with van der Waals surface area (Å²) in [6.45, 7) is 9.26. The number of ether oxygens (including phenoxy) is 3. The summed E-state index contributed by atoms with van der Waals surface area (Å²) in [4.78, 5) is 29.7. The van der Waals surface area contributed by atoms with Gasteiger partial charge in [-0.1, -0.05) is 54.8 Å². The number of amides is 1. The summed E-state index contributed by atoms with van der Waals surface area (Å²) in [5.74, 6) is -0.276. The number of aromatic nitrogens is 3. The fraction of sp³-hybridized carbons (Fsp3) is 0.341. The van der Waals surface area contributed by atoms with Crippen LogP contribution in [0.15, 0.2) is 89.7 Å². The molecule has 1 saturated heterocycles. The van der Waals surface area contributed by atoms with E-state index in [9.17, 15) is 13.2 Å². The smallest absolute Gasteiger partial charge is 0.268 e. The van der Waals surface area contributed by atoms with Gasteiger partial charge in [0.05, 0.1) is 24.6 Å². The first-order valence-electron chi connectivity index (χ1n) is 18.4. The van der Waals surface area contributed by atoms with Crippen molar-refractivity contribution in [3.05, 3.63) is 106 Å². The zero-order chi connectivity index (χ0) is 39.5. The van der Waals surface area contributed by atoms with Gasteiger partial charge in [0.2, 0.25) is 5.88 Å². The molecular formula is C41H44Cl2N6O6S. The standard InChI is InChI=1S/C41H44Cl2N6O6S/c1-41(2)12-10-29(35(23-41)27-4-6-30(42)7-5-27)26-48-14-16-49(17-15-48)31-8-9-34(37(21-31)55-32-20-28-11-13-44-38(28)45-24-32)39(50)47-56(51,52)33-22-36(43)40(46-25-33)54-19-18-53-3/h4-9,11,13,20-22,24-25H,10,12,14-19,23,26H2,1-3H3,(H,44,45)(H,47,50). The molecule has 0 bridgehead atoms. The number of halogens is 2. The number of H-pyrrole nitrogens is 1. The lowest BCUT2D eigenvalue weighted by molar-refractivity contribution is 0.0979. The van der Waals surface area contributed by atoms with Gasteiger partial charge in [-0.2, -0.15) is 0 Å². The largest absolute Gasteiger partial charge is 0.474 e. The van der Waals surface area contributed by atoms with Gasteiger partial charge in [-0.15, -0.1) is 0 Å². The van der Waals surface area contributed by atoms with Crippen LogP contribution < -0.4 is 19.1 Å². The van der Waals surface area contributed by atoms with Crippen molar-refractivity contribution in [1.82, 2.24) is 24.6 Å². The number of nitrogens with zero attached hydrogens (tertiary/aromatic N) is 4. The third-order valence-corrected chi connectivity index (χ3v) is 12.0. The minimum absolute atomic E-state index is 0.0191. The second-order valence-electron chi connectivity index (χ2n) is 14.8. The van der Waals surface area contributed by atoms with Gasteiger partial charge in [0.25, 0.3) is 15.9 Å². The molecule has 5 aromatic rings. The molecule has 2 aliphatic rings. The van der Waals surface area contributed by atoms with E-state index in [2.05, 4.69) is 55.5 Å². The molecule has 1 aliphatic heterocycles. The van der Waals surface area contributed by atoms with Crippen molar-refractivity contribution >= 4 is 61.4 Å². The van der Waals surface area contributed by atoms with Crippen molar-refractivity contribution in [3.8, 4) is 17.4 Å². The number of sulfonamides is 1. The Morgan fingerprint density at radius 3 is 2.50 bits per heavy atom. The van der Waals surface area contributed by atoms with Crippen molar-refractivity contribution in [2.24, 2.45) is 5.41 Å². The number of nitrogens with one attached hydrogen (secondary N) is 2. The highest BCUT2D eigenvalue weighted by Crippen LogP contribution is 2.43. The fourth-order valence-corrected chi connectivity index (χ4v) is 8.45. The normalized spacial score (nSPS) is 16.3. The van der Waals surface area contributed by atoms with E-state index in [0.29, 0.717) is 18.0 Å². The van der Waals surface area contributed by atoms with Gasteiger partial charge in [-0.05, 0) is 78.3 Å². The Kier molecular flexibility index (Phi) is 11.9. The average Bonchev–Trinajstić information content (AvgIpc) is 3.65. The van der Waals surface area contributed by atoms with Crippen LogP contribution in [-0.4, -0.2) is 87.2 Å². The van der Waals surface area contributed by atoms with E-state index >= 15 is 0 Å². The molecule has 3 aromatic heterocycles. The molecule has 294 valence electrons. The van der Waals surface area contributed by atoms with Gasteiger partial charge in [0.1, 0.15) is 33.7 Å². The van der Waals surface area contributed by atoms with Crippen LogP contribution in [0, 0.1) is 5.41 Å². The molecule has 2 aromatic carbocycles. The van der Waals surface area contributed by atoms with Crippen LogP contribution in [-0.2, 0) is 14.8 Å². The number of fused-ring (bicyclic) bond motifs is 1. The molecular weight excluding hydrogens is 775 g/mol. The minimum atomic E-state index is -4.39. The van der Waals surface area contributed by atoms with E-state index in [4.69, 9.17) is 37.4 Å². The summed E-state index contributed by atoms with van der Waals surface area (Å²) in [5.41, 5.74) is 5.94. The summed E-state index contributed by atoms with van der Waals surface area (Å²) in [7, 11) is -2.86. The molecule has 0 atom stereocenters. The highest BCUT2D eigenvalue weighted by molar-refractivity contribution is 7.90. The van der Waals surface area contributed by atoms with E-state index in [1.165, 1.54) is 29.9 Å². The summed E-state index contributed by atoms with van der Waals surface area (Å²) in [5, 5.41) is 1.53. The molecule has 1 amide bonds. The Morgan fingerprint density at radius 1 is 0.964 bits per heavy atom. The van der Waals surface area contributed by atoms with E-state index in [-0.39, 0.29) is 39.1 Å². The Morgan fingerprint density at radius 2 is 1.75 bits per heavy atom. The molecule has 56 heavy (non-hydrogen) atoms. The molecule has 2 N–H and O–H groups in total. The summed E-state index contributed by atoms with van der Waals surface area (Å²) < 4.78 is 45.6. The lowest BCUT2D eigenvalue weighted by Gasteiger charge is -2.39. The number of benzene rings is 2. The zero-order valence-corrected chi connectivity index (χ0v) is 33.8. The lowest BCUT2D eigenvalue weighted by atomic mass is 9.72. The number of rotatable bonds is 13. The summed E-state index contributed by atoms with van der Waals surface area (Å²) in [6.07, 6.45) is 7.64. The van der Waals surface area contributed by atoms with E-state index < -0.39 is 15.9 Å². The van der Waals surface area contributed by atoms with Crippen LogP contribution in [0.1, 0.15) is 49.0 Å². The number of pyridine rings is 2. The van der Waals surface area contributed by atoms with E-state index in [1.807, 2.05) is 24.3 Å². The maximum Gasteiger partial charge on any atom is 0.268 e. The second-order valence-corrected chi connectivity index (χ2v) is 17.3. The number of methoxy groups -OCH3 is 1. The van der Waals surface area contributed by atoms with Gasteiger partial charge in [0, 0.05) is 68.2 Å². The van der Waals surface area contributed by atoms with Crippen molar-refractivity contribution in [2.45, 2.75) is 38.0 Å². The van der Waals surface area contributed by atoms with Crippen molar-refractivity contribution in [3.63, 3.8) is 0 Å². The predicted molar refractivity (Wildman–Crippen MR) is 219 cm³/mol. The van der Waals surface area contributed by atoms with Crippen molar-refractivity contribution in [2.75, 3.05) is 57.9 Å². The van der Waals surface area contributed by atoms with Crippen LogP contribution in [0.25, 0.3) is 16.6 Å². The quantitative estimate of drug-likeness (QED) is 0.113. The molecule has 12 nitrogen and oxygen atoms in total. The Labute approximate surface area is 336 Å². The van der Waals surface area contributed by atoms with E-state index in [0.717, 1.165) is 74.3 Å². The van der Waals surface area contributed by atoms with Crippen LogP contribution in [0.2, 0.25) is 10.0 Å². The third-order valence-electron chi connectivity index (χ3n) is 10.2. The third kappa shape index (κ3) is 9.30. The maximum absolute atomic E-state index is 13.7. The fourth-order valence-electron chi connectivity index (χ4n) is 7.10. The summed E-state index contributed by atoms with van der Waals surface area (Å²) >= 11 is 12.5. The molecule has 0 unspecified atom stereocenters. The van der Waals surface area contributed by atoms with Crippen LogP contribution in [0.3, 0.4) is 0 Å². The number of carbonyl (C=O) groups excluding carboxylic acids is 1. The Bertz CT molecular complexity index is 2360. The summed E-state index contributed by atoms with van der Waals surface area (Å²) in [6, 6.07) is 18.2. The number of carbonyl (C=O) groups is 1. The average molecular weight is 820 g/mol.